The Hall–Kier alpha value is -2.35. The third-order valence-corrected chi connectivity index (χ3v) is 3.75. The molecule has 3 amide bonds. The molecular formula is C15H22N4O4. The molecule has 0 aliphatic carbocycles. The number of piperazine rings is 1. The Kier molecular flexibility index (Phi) is 5.75. The van der Waals surface area contributed by atoms with Crippen LogP contribution in [0, 0.1) is 0 Å². The van der Waals surface area contributed by atoms with Crippen LogP contribution < -0.4 is 10.9 Å². The van der Waals surface area contributed by atoms with E-state index in [-0.39, 0.29) is 17.5 Å². The van der Waals surface area contributed by atoms with Gasteiger partial charge >= 0.3 is 6.03 Å². The van der Waals surface area contributed by atoms with Crippen LogP contribution in [0.2, 0.25) is 0 Å². The lowest BCUT2D eigenvalue weighted by Crippen LogP contribution is -2.52. The average Bonchev–Trinajstić information content (AvgIpc) is 2.57. The van der Waals surface area contributed by atoms with E-state index >= 15 is 0 Å². The van der Waals surface area contributed by atoms with Gasteiger partial charge in [0.25, 0.3) is 5.56 Å². The molecule has 1 aliphatic heterocycles. The smallest absolute Gasteiger partial charge is 0.322 e. The van der Waals surface area contributed by atoms with Crippen molar-refractivity contribution in [3.8, 4) is 0 Å². The highest BCUT2D eigenvalue weighted by Crippen LogP contribution is 2.08. The summed E-state index contributed by atoms with van der Waals surface area (Å²) in [6.07, 6.45) is 2.47. The van der Waals surface area contributed by atoms with Crippen LogP contribution in [0.5, 0.6) is 0 Å². The summed E-state index contributed by atoms with van der Waals surface area (Å²) in [6.45, 7) is 3.70. The second-order valence-electron chi connectivity index (χ2n) is 5.41. The largest absolute Gasteiger partial charge is 0.387 e. The van der Waals surface area contributed by atoms with E-state index in [1.807, 2.05) is 6.92 Å². The highest BCUT2D eigenvalue weighted by atomic mass is 16.3. The topological polar surface area (TPSA) is 94.9 Å². The predicted octanol–water partition coefficient (Wildman–Crippen LogP) is -0.0733. The first-order valence-electron chi connectivity index (χ1n) is 7.70. The number of anilines is 1. The molecule has 1 aliphatic rings. The van der Waals surface area contributed by atoms with E-state index in [4.69, 9.17) is 5.11 Å². The lowest BCUT2D eigenvalue weighted by atomic mass is 10.3. The molecule has 0 spiro atoms. The number of nitrogens with one attached hydrogen (secondary N) is 1. The highest BCUT2D eigenvalue weighted by Gasteiger charge is 2.23. The van der Waals surface area contributed by atoms with Crippen LogP contribution in [0.3, 0.4) is 0 Å². The summed E-state index contributed by atoms with van der Waals surface area (Å²) in [5, 5.41) is 11.6. The number of amides is 3. The Morgan fingerprint density at radius 1 is 1.17 bits per heavy atom. The molecule has 126 valence electrons. The maximum Gasteiger partial charge on any atom is 0.322 e. The molecule has 1 aromatic heterocycles. The fourth-order valence-corrected chi connectivity index (χ4v) is 2.48. The number of hydrogen-bond acceptors (Lipinski definition) is 4. The van der Waals surface area contributed by atoms with Crippen molar-refractivity contribution in [2.45, 2.75) is 19.9 Å². The van der Waals surface area contributed by atoms with E-state index in [0.717, 1.165) is 6.42 Å². The summed E-state index contributed by atoms with van der Waals surface area (Å²) < 4.78 is 1.56. The fraction of sp³-hybridized carbons (Fsp3) is 0.533. The molecule has 0 bridgehead atoms. The monoisotopic (exact) mass is 322 g/mol. The van der Waals surface area contributed by atoms with Crippen LogP contribution in [0.4, 0.5) is 10.5 Å². The van der Waals surface area contributed by atoms with Crippen molar-refractivity contribution in [2.24, 2.45) is 0 Å². The molecule has 0 atom stereocenters. The lowest BCUT2D eigenvalue weighted by molar-refractivity contribution is -0.135. The van der Waals surface area contributed by atoms with Gasteiger partial charge in [0.2, 0.25) is 5.91 Å². The Morgan fingerprint density at radius 2 is 1.83 bits per heavy atom. The number of aliphatic hydroxyl groups excluding tert-OH is 1. The summed E-state index contributed by atoms with van der Waals surface area (Å²) in [4.78, 5) is 38.4. The molecular weight excluding hydrogens is 300 g/mol. The van der Waals surface area contributed by atoms with Gasteiger partial charge in [-0.1, -0.05) is 6.92 Å². The van der Waals surface area contributed by atoms with Crippen LogP contribution in [0.1, 0.15) is 13.3 Å². The van der Waals surface area contributed by atoms with Crippen LogP contribution in [0.25, 0.3) is 0 Å². The molecule has 0 unspecified atom stereocenters. The maximum absolute atomic E-state index is 12.2. The van der Waals surface area contributed by atoms with Crippen molar-refractivity contribution in [2.75, 3.05) is 38.1 Å². The van der Waals surface area contributed by atoms with Gasteiger partial charge in [-0.3, -0.25) is 9.59 Å². The van der Waals surface area contributed by atoms with E-state index in [2.05, 4.69) is 5.32 Å². The third kappa shape index (κ3) is 4.32. The van der Waals surface area contributed by atoms with Gasteiger partial charge in [0.15, 0.2) is 0 Å². The Bertz CT molecular complexity index is 620. The molecule has 8 heteroatoms. The molecule has 1 saturated heterocycles. The normalized spacial score (nSPS) is 14.7. The molecule has 0 radical (unpaired) electrons. The number of carbonyl (C=O) groups is 2. The van der Waals surface area contributed by atoms with Gasteiger partial charge in [-0.2, -0.15) is 0 Å². The summed E-state index contributed by atoms with van der Waals surface area (Å²) in [5.41, 5.74) is 0.470. The van der Waals surface area contributed by atoms with Crippen LogP contribution in [-0.2, 0) is 11.3 Å². The van der Waals surface area contributed by atoms with Crippen LogP contribution in [-0.4, -0.2) is 64.2 Å². The van der Waals surface area contributed by atoms with Crippen molar-refractivity contribution >= 4 is 17.6 Å². The minimum Gasteiger partial charge on any atom is -0.387 e. The van der Waals surface area contributed by atoms with Gasteiger partial charge in [0.05, 0.1) is 5.69 Å². The molecule has 1 aromatic rings. The molecule has 1 fully saturated rings. The number of nitrogens with zero attached hydrogens (tertiary/aromatic N) is 3. The van der Waals surface area contributed by atoms with Crippen LogP contribution >= 0.6 is 0 Å². The van der Waals surface area contributed by atoms with Crippen molar-refractivity contribution in [1.29, 1.82) is 0 Å². The molecule has 8 nitrogen and oxygen atoms in total. The van der Waals surface area contributed by atoms with Gasteiger partial charge in [-0.25, -0.2) is 4.79 Å². The van der Waals surface area contributed by atoms with E-state index in [1.54, 1.807) is 21.7 Å². The van der Waals surface area contributed by atoms with Gasteiger partial charge in [-0.05, 0) is 12.5 Å². The first-order chi connectivity index (χ1) is 11.0. The van der Waals surface area contributed by atoms with E-state index in [9.17, 15) is 14.4 Å². The summed E-state index contributed by atoms with van der Waals surface area (Å²) in [7, 11) is 0. The van der Waals surface area contributed by atoms with Crippen molar-refractivity contribution < 1.29 is 14.7 Å². The second kappa shape index (κ2) is 7.77. The zero-order valence-corrected chi connectivity index (χ0v) is 13.2. The summed E-state index contributed by atoms with van der Waals surface area (Å²) in [6, 6.07) is 2.75. The molecule has 2 rings (SSSR count). The number of aromatic nitrogens is 1. The van der Waals surface area contributed by atoms with E-state index in [0.29, 0.717) is 38.4 Å². The third-order valence-electron chi connectivity index (χ3n) is 3.75. The number of pyridine rings is 1. The first-order valence-corrected chi connectivity index (χ1v) is 7.70. The number of urea groups is 1. The lowest BCUT2D eigenvalue weighted by Gasteiger charge is -2.34. The highest BCUT2D eigenvalue weighted by molar-refractivity contribution is 5.89. The molecule has 2 N–H and O–H groups in total. The quantitative estimate of drug-likeness (QED) is 0.811. The standard InChI is InChI=1S/C15H22N4O4/c1-2-5-19-10-12(3-4-13(19)21)16-15(23)18-8-6-17(7-9-18)14(22)11-20/h3-4,10,20H,2,5-9,11H2,1H3,(H,16,23). The minimum absolute atomic E-state index is 0.0963. The van der Waals surface area contributed by atoms with E-state index < -0.39 is 6.61 Å². The molecule has 2 heterocycles. The Labute approximate surface area is 134 Å². The zero-order chi connectivity index (χ0) is 16.8. The van der Waals surface area contributed by atoms with Crippen LogP contribution in [0.15, 0.2) is 23.1 Å². The number of aryl methyl sites for hydroxylation is 1. The average molecular weight is 322 g/mol. The fourth-order valence-electron chi connectivity index (χ4n) is 2.48. The van der Waals surface area contributed by atoms with Crippen molar-refractivity contribution in [3.05, 3.63) is 28.7 Å². The zero-order valence-electron chi connectivity index (χ0n) is 13.2. The number of rotatable bonds is 4. The van der Waals surface area contributed by atoms with Crippen molar-refractivity contribution in [3.63, 3.8) is 0 Å². The van der Waals surface area contributed by atoms with Gasteiger partial charge in [0, 0.05) is 45.0 Å². The number of hydrogen-bond donors (Lipinski definition) is 2. The summed E-state index contributed by atoms with van der Waals surface area (Å²) >= 11 is 0. The Balaban J connectivity index is 1.94. The SMILES string of the molecule is CCCn1cc(NC(=O)N2CCN(C(=O)CO)CC2)ccc1=O. The molecule has 23 heavy (non-hydrogen) atoms. The molecule has 0 saturated carbocycles. The maximum atomic E-state index is 12.2. The van der Waals surface area contributed by atoms with Crippen molar-refractivity contribution in [1.82, 2.24) is 14.4 Å². The predicted molar refractivity (Wildman–Crippen MR) is 85.3 cm³/mol. The molecule has 0 aromatic carbocycles. The van der Waals surface area contributed by atoms with Gasteiger partial charge < -0.3 is 24.8 Å². The van der Waals surface area contributed by atoms with Gasteiger partial charge in [-0.15, -0.1) is 0 Å². The second-order valence-corrected chi connectivity index (χ2v) is 5.41. The van der Waals surface area contributed by atoms with Gasteiger partial charge in [0.1, 0.15) is 6.61 Å². The summed E-state index contributed by atoms with van der Waals surface area (Å²) in [5.74, 6) is -0.322. The number of aliphatic hydroxyl groups is 1. The minimum atomic E-state index is -0.509. The Morgan fingerprint density at radius 3 is 2.43 bits per heavy atom. The van der Waals surface area contributed by atoms with E-state index in [1.165, 1.54) is 11.0 Å². The number of carbonyl (C=O) groups excluding carboxylic acids is 2. The first kappa shape index (κ1) is 17.0.